The number of carbonyl (C=O) groups excluding carboxylic acids is 1. The molecule has 0 aliphatic carbocycles. The van der Waals surface area contributed by atoms with Crippen LogP contribution in [-0.2, 0) is 18.3 Å². The van der Waals surface area contributed by atoms with Gasteiger partial charge in [-0.3, -0.25) is 9.59 Å². The molecule has 0 aliphatic rings. The van der Waals surface area contributed by atoms with Crippen molar-refractivity contribution < 1.29 is 4.79 Å². The molecule has 1 amide bonds. The van der Waals surface area contributed by atoms with Gasteiger partial charge < -0.3 is 9.88 Å². The first-order valence-electron chi connectivity index (χ1n) is 11.1. The SMILES string of the molecule is C/C=C/C(=O)Nc1ccc(Cc2c(C)cccc2C)c(-c2cn(C)c(=O)c3ccccc23)c1. The van der Waals surface area contributed by atoms with E-state index < -0.39 is 0 Å². The highest BCUT2D eigenvalue weighted by Crippen LogP contribution is 2.34. The van der Waals surface area contributed by atoms with E-state index >= 15 is 0 Å². The van der Waals surface area contributed by atoms with Crippen LogP contribution in [0.1, 0.15) is 29.2 Å². The molecule has 0 aliphatic heterocycles. The van der Waals surface area contributed by atoms with Gasteiger partial charge >= 0.3 is 0 Å². The first kappa shape index (κ1) is 22.3. The largest absolute Gasteiger partial charge is 0.323 e. The molecule has 0 atom stereocenters. The second kappa shape index (κ2) is 9.29. The van der Waals surface area contributed by atoms with Crippen LogP contribution in [0.4, 0.5) is 5.69 Å². The lowest BCUT2D eigenvalue weighted by Crippen LogP contribution is -2.16. The number of nitrogens with zero attached hydrogens (tertiary/aromatic N) is 1. The van der Waals surface area contributed by atoms with Gasteiger partial charge in [0.05, 0.1) is 0 Å². The molecule has 1 N–H and O–H groups in total. The Labute approximate surface area is 194 Å². The second-order valence-corrected chi connectivity index (χ2v) is 8.41. The number of aryl methyl sites for hydroxylation is 3. The zero-order chi connectivity index (χ0) is 23.5. The van der Waals surface area contributed by atoms with Crippen molar-refractivity contribution in [3.63, 3.8) is 0 Å². The second-order valence-electron chi connectivity index (χ2n) is 8.41. The molecule has 3 aromatic carbocycles. The van der Waals surface area contributed by atoms with E-state index in [4.69, 9.17) is 0 Å². The normalized spacial score (nSPS) is 11.3. The number of benzene rings is 3. The first-order chi connectivity index (χ1) is 15.9. The summed E-state index contributed by atoms with van der Waals surface area (Å²) in [5.41, 5.74) is 7.59. The number of nitrogens with one attached hydrogen (secondary N) is 1. The Morgan fingerprint density at radius 1 is 0.939 bits per heavy atom. The van der Waals surface area contributed by atoms with Crippen molar-refractivity contribution in [1.82, 2.24) is 4.57 Å². The summed E-state index contributed by atoms with van der Waals surface area (Å²) in [6.07, 6.45) is 5.87. The Kier molecular flexibility index (Phi) is 6.27. The van der Waals surface area contributed by atoms with Crippen LogP contribution in [0.5, 0.6) is 0 Å². The van der Waals surface area contributed by atoms with Crippen molar-refractivity contribution in [1.29, 1.82) is 0 Å². The Morgan fingerprint density at radius 3 is 2.33 bits per heavy atom. The predicted octanol–water partition coefficient (Wildman–Crippen LogP) is 5.93. The predicted molar refractivity (Wildman–Crippen MR) is 137 cm³/mol. The fourth-order valence-corrected chi connectivity index (χ4v) is 4.34. The summed E-state index contributed by atoms with van der Waals surface area (Å²) in [4.78, 5) is 25.0. The van der Waals surface area contributed by atoms with Gasteiger partial charge in [-0.25, -0.2) is 0 Å². The zero-order valence-corrected chi connectivity index (χ0v) is 19.5. The van der Waals surface area contributed by atoms with E-state index in [0.29, 0.717) is 5.39 Å². The van der Waals surface area contributed by atoms with E-state index in [9.17, 15) is 9.59 Å². The average molecular weight is 437 g/mol. The van der Waals surface area contributed by atoms with E-state index in [1.54, 1.807) is 17.7 Å². The number of anilines is 1. The van der Waals surface area contributed by atoms with Gasteiger partial charge in [-0.2, -0.15) is 0 Å². The lowest BCUT2D eigenvalue weighted by Gasteiger charge is -2.17. The number of hydrogen-bond acceptors (Lipinski definition) is 2. The minimum absolute atomic E-state index is 0.0248. The van der Waals surface area contributed by atoms with Crippen LogP contribution in [0.2, 0.25) is 0 Å². The molecule has 0 saturated heterocycles. The van der Waals surface area contributed by atoms with Crippen molar-refractivity contribution in [2.75, 3.05) is 5.32 Å². The number of hydrogen-bond donors (Lipinski definition) is 1. The molecular formula is C29H28N2O2. The molecule has 0 saturated carbocycles. The number of allylic oxidation sites excluding steroid dienone is 1. The minimum atomic E-state index is -0.170. The summed E-state index contributed by atoms with van der Waals surface area (Å²) in [5.74, 6) is -0.170. The lowest BCUT2D eigenvalue weighted by atomic mass is 9.89. The van der Waals surface area contributed by atoms with Gasteiger partial charge in [0, 0.05) is 29.9 Å². The minimum Gasteiger partial charge on any atom is -0.323 e. The monoisotopic (exact) mass is 436 g/mol. The van der Waals surface area contributed by atoms with Crippen LogP contribution in [-0.4, -0.2) is 10.5 Å². The van der Waals surface area contributed by atoms with Crippen LogP contribution in [0.3, 0.4) is 0 Å². The summed E-state index contributed by atoms with van der Waals surface area (Å²) in [5, 5.41) is 4.53. The Bertz CT molecular complexity index is 1420. The quantitative estimate of drug-likeness (QED) is 0.394. The van der Waals surface area contributed by atoms with E-state index in [-0.39, 0.29) is 11.5 Å². The van der Waals surface area contributed by atoms with Crippen LogP contribution in [0.25, 0.3) is 21.9 Å². The Balaban J connectivity index is 1.95. The summed E-state index contributed by atoms with van der Waals surface area (Å²) in [7, 11) is 1.78. The maximum atomic E-state index is 12.8. The maximum Gasteiger partial charge on any atom is 0.258 e. The summed E-state index contributed by atoms with van der Waals surface area (Å²) in [6, 6.07) is 20.1. The van der Waals surface area contributed by atoms with E-state index in [1.807, 2.05) is 49.5 Å². The van der Waals surface area contributed by atoms with Crippen molar-refractivity contribution in [2.45, 2.75) is 27.2 Å². The molecule has 1 heterocycles. The smallest absolute Gasteiger partial charge is 0.258 e. The number of pyridine rings is 1. The highest BCUT2D eigenvalue weighted by atomic mass is 16.1. The number of aromatic nitrogens is 1. The fraction of sp³-hybridized carbons (Fsp3) is 0.172. The van der Waals surface area contributed by atoms with E-state index in [2.05, 4.69) is 43.4 Å². The van der Waals surface area contributed by atoms with Crippen molar-refractivity contribution in [2.24, 2.45) is 7.05 Å². The zero-order valence-electron chi connectivity index (χ0n) is 19.5. The number of fused-ring (bicyclic) bond motifs is 1. The standard InChI is InChI=1S/C29H28N2O2/c1-5-9-28(32)30-22-15-14-21(16-25-19(2)10-8-11-20(25)3)26(17-22)27-18-31(4)29(33)24-13-7-6-12-23(24)27/h5-15,17-18H,16H2,1-4H3,(H,30,32)/b9-5+. The molecule has 0 unspecified atom stereocenters. The van der Waals surface area contributed by atoms with Gasteiger partial charge in [0.1, 0.15) is 0 Å². The lowest BCUT2D eigenvalue weighted by molar-refractivity contribution is -0.111. The van der Waals surface area contributed by atoms with Crippen LogP contribution < -0.4 is 10.9 Å². The summed E-state index contributed by atoms with van der Waals surface area (Å²) < 4.78 is 1.63. The molecule has 33 heavy (non-hydrogen) atoms. The van der Waals surface area contributed by atoms with Gasteiger partial charge in [-0.1, -0.05) is 48.5 Å². The van der Waals surface area contributed by atoms with Gasteiger partial charge in [-0.15, -0.1) is 0 Å². The molecule has 1 aromatic heterocycles. The average Bonchev–Trinajstić information content (AvgIpc) is 2.80. The molecule has 0 radical (unpaired) electrons. The summed E-state index contributed by atoms with van der Waals surface area (Å²) in [6.45, 7) is 6.08. The Morgan fingerprint density at radius 2 is 1.64 bits per heavy atom. The topological polar surface area (TPSA) is 51.1 Å². The van der Waals surface area contributed by atoms with Crippen LogP contribution >= 0.6 is 0 Å². The number of rotatable bonds is 5. The molecule has 0 fully saturated rings. The molecule has 166 valence electrons. The van der Waals surface area contributed by atoms with Gasteiger partial charge in [0.2, 0.25) is 5.91 Å². The molecular weight excluding hydrogens is 408 g/mol. The molecule has 4 rings (SSSR count). The molecule has 4 aromatic rings. The van der Waals surface area contributed by atoms with Gasteiger partial charge in [0.25, 0.3) is 5.56 Å². The molecule has 0 bridgehead atoms. The van der Waals surface area contributed by atoms with Crippen molar-refractivity contribution >= 4 is 22.4 Å². The maximum absolute atomic E-state index is 12.8. The van der Waals surface area contributed by atoms with Gasteiger partial charge in [0.15, 0.2) is 0 Å². The van der Waals surface area contributed by atoms with Gasteiger partial charge in [-0.05, 0) is 84.7 Å². The number of amides is 1. The van der Waals surface area contributed by atoms with E-state index in [0.717, 1.165) is 34.2 Å². The number of carbonyl (C=O) groups is 1. The third-order valence-corrected chi connectivity index (χ3v) is 6.09. The first-order valence-corrected chi connectivity index (χ1v) is 11.1. The van der Waals surface area contributed by atoms with Crippen molar-refractivity contribution in [3.05, 3.63) is 112 Å². The molecule has 4 heteroatoms. The fourth-order valence-electron chi connectivity index (χ4n) is 4.34. The van der Waals surface area contributed by atoms with Crippen molar-refractivity contribution in [3.8, 4) is 11.1 Å². The Hall–Kier alpha value is -3.92. The highest BCUT2D eigenvalue weighted by molar-refractivity contribution is 6.01. The molecule has 4 nitrogen and oxygen atoms in total. The highest BCUT2D eigenvalue weighted by Gasteiger charge is 2.15. The molecule has 0 spiro atoms. The van der Waals surface area contributed by atoms with E-state index in [1.165, 1.54) is 22.8 Å². The third kappa shape index (κ3) is 4.51. The van der Waals surface area contributed by atoms with Crippen LogP contribution in [0.15, 0.2) is 83.8 Å². The van der Waals surface area contributed by atoms with Crippen LogP contribution in [0, 0.1) is 13.8 Å². The third-order valence-electron chi connectivity index (χ3n) is 6.09. The summed E-state index contributed by atoms with van der Waals surface area (Å²) >= 11 is 0.